The van der Waals surface area contributed by atoms with Gasteiger partial charge in [0.2, 0.25) is 15.9 Å². The van der Waals surface area contributed by atoms with Gasteiger partial charge in [-0.15, -0.1) is 0 Å². The molecule has 24 heavy (non-hydrogen) atoms. The maximum atomic E-state index is 12.6. The number of hydrogen-bond acceptors (Lipinski definition) is 4. The number of carboxylic acids is 1. The normalized spacial score (nSPS) is 20.5. The number of aliphatic carboxylic acids is 1. The van der Waals surface area contributed by atoms with Gasteiger partial charge in [0.15, 0.2) is 0 Å². The molecular formula is C16H20N2O5S. The second kappa shape index (κ2) is 5.47. The van der Waals surface area contributed by atoms with Crippen LogP contribution >= 0.6 is 0 Å². The third kappa shape index (κ3) is 2.98. The molecule has 1 aromatic carbocycles. The molecule has 3 N–H and O–H groups in total. The molecule has 0 aromatic heterocycles. The van der Waals surface area contributed by atoms with Crippen LogP contribution in [-0.4, -0.2) is 31.7 Å². The van der Waals surface area contributed by atoms with Gasteiger partial charge in [-0.1, -0.05) is 12.5 Å². The first-order valence-electron chi connectivity index (χ1n) is 7.77. The largest absolute Gasteiger partial charge is 0.480 e. The van der Waals surface area contributed by atoms with Crippen LogP contribution in [0, 0.1) is 10.8 Å². The smallest absolute Gasteiger partial charge is 0.319 e. The summed E-state index contributed by atoms with van der Waals surface area (Å²) in [5.74, 6) is -1.63. The summed E-state index contributed by atoms with van der Waals surface area (Å²) < 4.78 is 24.9. The van der Waals surface area contributed by atoms with Gasteiger partial charge in [0, 0.05) is 5.69 Å². The fourth-order valence-corrected chi connectivity index (χ4v) is 4.35. The molecule has 8 heteroatoms. The molecule has 2 saturated carbocycles. The van der Waals surface area contributed by atoms with Crippen molar-refractivity contribution in [2.24, 2.45) is 10.8 Å². The van der Waals surface area contributed by atoms with Gasteiger partial charge in [-0.05, 0) is 49.3 Å². The average Bonchev–Trinajstić information content (AvgIpc) is 2.33. The van der Waals surface area contributed by atoms with E-state index < -0.39 is 27.3 Å². The first-order chi connectivity index (χ1) is 11.1. The first kappa shape index (κ1) is 16.8. The van der Waals surface area contributed by atoms with E-state index in [1.165, 1.54) is 6.07 Å². The second-order valence-corrected chi connectivity index (χ2v) is 8.75. The molecule has 0 unspecified atom stereocenters. The van der Waals surface area contributed by atoms with Crippen LogP contribution in [0.5, 0.6) is 0 Å². The van der Waals surface area contributed by atoms with Crippen molar-refractivity contribution in [2.45, 2.75) is 32.1 Å². The minimum atomic E-state index is -3.43. The van der Waals surface area contributed by atoms with Gasteiger partial charge in [-0.2, -0.15) is 0 Å². The zero-order valence-corrected chi connectivity index (χ0v) is 14.1. The zero-order chi connectivity index (χ0) is 17.6. The van der Waals surface area contributed by atoms with Crippen molar-refractivity contribution in [3.05, 3.63) is 24.3 Å². The highest BCUT2D eigenvalue weighted by Gasteiger charge is 2.64. The van der Waals surface area contributed by atoms with Gasteiger partial charge in [0.1, 0.15) is 5.41 Å². The van der Waals surface area contributed by atoms with Crippen molar-refractivity contribution in [2.75, 3.05) is 16.3 Å². The van der Waals surface area contributed by atoms with Crippen LogP contribution in [0.4, 0.5) is 11.4 Å². The maximum absolute atomic E-state index is 12.6. The Kier molecular flexibility index (Phi) is 3.82. The fraction of sp³-hybridized carbons (Fsp3) is 0.500. The summed E-state index contributed by atoms with van der Waals surface area (Å²) in [6.45, 7) is 0. The molecule has 0 saturated heterocycles. The molecule has 2 aliphatic rings. The van der Waals surface area contributed by atoms with Gasteiger partial charge in [-0.3, -0.25) is 14.3 Å². The molecule has 130 valence electrons. The highest BCUT2D eigenvalue weighted by molar-refractivity contribution is 7.92. The Morgan fingerprint density at radius 3 is 2.29 bits per heavy atom. The van der Waals surface area contributed by atoms with Gasteiger partial charge in [0.05, 0.1) is 11.9 Å². The lowest BCUT2D eigenvalue weighted by molar-refractivity contribution is -0.178. The Balaban J connectivity index is 1.74. The van der Waals surface area contributed by atoms with E-state index in [-0.39, 0.29) is 5.41 Å². The summed E-state index contributed by atoms with van der Waals surface area (Å²) >= 11 is 0. The summed E-state index contributed by atoms with van der Waals surface area (Å²) in [5, 5.41) is 12.2. The van der Waals surface area contributed by atoms with E-state index in [0.717, 1.165) is 25.5 Å². The highest BCUT2D eigenvalue weighted by atomic mass is 32.2. The molecule has 3 rings (SSSR count). The lowest BCUT2D eigenvalue weighted by atomic mass is 9.45. The summed E-state index contributed by atoms with van der Waals surface area (Å²) in [6.07, 6.45) is 4.86. The SMILES string of the molecule is CS(=O)(=O)Nc1cccc(NC(=O)C2(C(=O)O)CC3(CCC3)C2)c1. The van der Waals surface area contributed by atoms with Crippen LogP contribution in [0.25, 0.3) is 0 Å². The van der Waals surface area contributed by atoms with E-state index in [2.05, 4.69) is 10.0 Å². The summed E-state index contributed by atoms with van der Waals surface area (Å²) in [7, 11) is -3.43. The van der Waals surface area contributed by atoms with E-state index >= 15 is 0 Å². The van der Waals surface area contributed by atoms with Crippen molar-refractivity contribution in [3.8, 4) is 0 Å². The zero-order valence-electron chi connectivity index (χ0n) is 13.3. The Morgan fingerprint density at radius 2 is 1.79 bits per heavy atom. The molecule has 2 aliphatic carbocycles. The number of carboxylic acid groups (broad SMARTS) is 1. The number of carbonyl (C=O) groups is 2. The van der Waals surface area contributed by atoms with Gasteiger partial charge >= 0.3 is 5.97 Å². The van der Waals surface area contributed by atoms with Crippen molar-refractivity contribution in [1.29, 1.82) is 0 Å². The quantitative estimate of drug-likeness (QED) is 0.702. The van der Waals surface area contributed by atoms with Gasteiger partial charge in [-0.25, -0.2) is 8.42 Å². The van der Waals surface area contributed by atoms with E-state index in [0.29, 0.717) is 24.2 Å². The van der Waals surface area contributed by atoms with Crippen molar-refractivity contribution < 1.29 is 23.1 Å². The van der Waals surface area contributed by atoms with E-state index in [9.17, 15) is 23.1 Å². The van der Waals surface area contributed by atoms with Crippen LogP contribution in [0.2, 0.25) is 0 Å². The van der Waals surface area contributed by atoms with Gasteiger partial charge < -0.3 is 10.4 Å². The predicted molar refractivity (Wildman–Crippen MR) is 89.1 cm³/mol. The number of amides is 1. The standard InChI is InChI=1S/C16H20N2O5S/c1-24(22,23)18-12-5-2-4-11(8-12)17-13(19)16(14(20)21)9-15(10-16)6-3-7-15/h2,4-5,8,18H,3,6-7,9-10H2,1H3,(H,17,19)(H,20,21). The maximum Gasteiger partial charge on any atom is 0.319 e. The lowest BCUT2D eigenvalue weighted by Gasteiger charge is -2.58. The van der Waals surface area contributed by atoms with E-state index in [1.807, 2.05) is 0 Å². The number of benzene rings is 1. The average molecular weight is 352 g/mol. The molecule has 2 fully saturated rings. The Bertz CT molecular complexity index is 790. The van der Waals surface area contributed by atoms with Crippen LogP contribution in [0.3, 0.4) is 0 Å². The highest BCUT2D eigenvalue weighted by Crippen LogP contribution is 2.64. The number of hydrogen-bond donors (Lipinski definition) is 3. The first-order valence-corrected chi connectivity index (χ1v) is 9.66. The van der Waals surface area contributed by atoms with Crippen LogP contribution < -0.4 is 10.0 Å². The van der Waals surface area contributed by atoms with Crippen LogP contribution in [0.15, 0.2) is 24.3 Å². The monoisotopic (exact) mass is 352 g/mol. The Labute approximate surface area is 140 Å². The molecule has 0 aliphatic heterocycles. The molecule has 0 heterocycles. The minimum absolute atomic E-state index is 0.0371. The minimum Gasteiger partial charge on any atom is -0.480 e. The van der Waals surface area contributed by atoms with Crippen LogP contribution in [0.1, 0.15) is 32.1 Å². The molecule has 7 nitrogen and oxygen atoms in total. The van der Waals surface area contributed by atoms with Crippen molar-refractivity contribution in [3.63, 3.8) is 0 Å². The molecule has 1 spiro atoms. The summed E-state index contributed by atoms with van der Waals surface area (Å²) in [4.78, 5) is 24.2. The molecular weight excluding hydrogens is 332 g/mol. The summed E-state index contributed by atoms with van der Waals surface area (Å²) in [5.41, 5.74) is -0.664. The van der Waals surface area contributed by atoms with Gasteiger partial charge in [0.25, 0.3) is 0 Å². The number of sulfonamides is 1. The third-order valence-electron chi connectivity index (χ3n) is 5.04. The molecule has 0 atom stereocenters. The predicted octanol–water partition coefficient (Wildman–Crippen LogP) is 2.03. The molecule has 0 bridgehead atoms. The molecule has 1 amide bonds. The van der Waals surface area contributed by atoms with Crippen molar-refractivity contribution in [1.82, 2.24) is 0 Å². The fourth-order valence-electron chi connectivity index (χ4n) is 3.79. The lowest BCUT2D eigenvalue weighted by Crippen LogP contribution is -2.59. The second-order valence-electron chi connectivity index (χ2n) is 7.00. The number of nitrogens with one attached hydrogen (secondary N) is 2. The number of carbonyl (C=O) groups excluding carboxylic acids is 1. The van der Waals surface area contributed by atoms with Crippen LogP contribution in [-0.2, 0) is 19.6 Å². The summed E-state index contributed by atoms with van der Waals surface area (Å²) in [6, 6.07) is 6.20. The van der Waals surface area contributed by atoms with Crippen molar-refractivity contribution >= 4 is 33.3 Å². The van der Waals surface area contributed by atoms with E-state index in [1.54, 1.807) is 18.2 Å². The third-order valence-corrected chi connectivity index (χ3v) is 5.64. The Morgan fingerprint density at radius 1 is 1.17 bits per heavy atom. The molecule has 1 aromatic rings. The molecule has 0 radical (unpaired) electrons. The van der Waals surface area contributed by atoms with E-state index in [4.69, 9.17) is 0 Å². The topological polar surface area (TPSA) is 113 Å². The Hall–Kier alpha value is -2.09. The number of anilines is 2. The number of rotatable bonds is 5.